The molecule has 0 bridgehead atoms. The van der Waals surface area contributed by atoms with Gasteiger partial charge in [-0.3, -0.25) is 4.79 Å². The van der Waals surface area contributed by atoms with Crippen molar-refractivity contribution in [1.82, 2.24) is 10.4 Å². The Bertz CT molecular complexity index is 365. The number of hydrazine groups is 1. The van der Waals surface area contributed by atoms with E-state index in [0.29, 0.717) is 11.6 Å². The number of carbonyl (C=O) groups excluding carboxylic acids is 1. The quantitative estimate of drug-likeness (QED) is 0.216. The summed E-state index contributed by atoms with van der Waals surface area (Å²) in [4.78, 5) is 18.7. The lowest BCUT2D eigenvalue weighted by molar-refractivity contribution is -0.117. The first kappa shape index (κ1) is 12.9. The number of thioether (sulfide) groups is 1. The minimum Gasteiger partial charge on any atom is -0.370 e. The second kappa shape index (κ2) is 7.20. The molecule has 0 spiro atoms. The van der Waals surface area contributed by atoms with Crippen LogP contribution in [0.3, 0.4) is 0 Å². The van der Waals surface area contributed by atoms with Gasteiger partial charge in [0.25, 0.3) is 0 Å². The lowest BCUT2D eigenvalue weighted by atomic mass is 10.5. The molecule has 88 valence electrons. The van der Waals surface area contributed by atoms with E-state index in [4.69, 9.17) is 11.6 Å². The van der Waals surface area contributed by atoms with Gasteiger partial charge in [-0.15, -0.1) is 11.3 Å². The van der Waals surface area contributed by atoms with E-state index < -0.39 is 0 Å². The summed E-state index contributed by atoms with van der Waals surface area (Å²) < 4.78 is 0. The van der Waals surface area contributed by atoms with Gasteiger partial charge in [-0.2, -0.15) is 11.8 Å². The van der Waals surface area contributed by atoms with Gasteiger partial charge in [0.1, 0.15) is 6.34 Å². The van der Waals surface area contributed by atoms with Gasteiger partial charge in [0.15, 0.2) is 0 Å². The van der Waals surface area contributed by atoms with Crippen LogP contribution in [0.4, 0.5) is 5.13 Å². The van der Waals surface area contributed by atoms with Crippen LogP contribution >= 0.6 is 23.1 Å². The van der Waals surface area contributed by atoms with Crippen LogP contribution in [0.15, 0.2) is 10.4 Å². The third-order valence-corrected chi connectivity index (χ3v) is 3.32. The summed E-state index contributed by atoms with van der Waals surface area (Å²) in [5.41, 5.74) is 8.28. The van der Waals surface area contributed by atoms with Crippen LogP contribution in [0.25, 0.3) is 0 Å². The third kappa shape index (κ3) is 5.10. The molecule has 0 fully saturated rings. The van der Waals surface area contributed by atoms with Crippen molar-refractivity contribution < 1.29 is 4.79 Å². The monoisotopic (exact) mass is 259 g/mol. The molecule has 16 heavy (non-hydrogen) atoms. The normalized spacial score (nSPS) is 10.8. The number of thiazole rings is 1. The maximum absolute atomic E-state index is 10.5. The van der Waals surface area contributed by atoms with E-state index in [1.807, 2.05) is 5.38 Å². The van der Waals surface area contributed by atoms with Crippen LogP contribution in [0.2, 0.25) is 0 Å². The summed E-state index contributed by atoms with van der Waals surface area (Å²) in [6, 6.07) is 0. The first-order valence-electron chi connectivity index (χ1n) is 4.51. The van der Waals surface area contributed by atoms with Gasteiger partial charge >= 0.3 is 0 Å². The molecule has 6 nitrogen and oxygen atoms in total. The van der Waals surface area contributed by atoms with Crippen molar-refractivity contribution in [3.05, 3.63) is 11.1 Å². The zero-order valence-electron chi connectivity index (χ0n) is 8.55. The number of aromatic nitrogens is 1. The molecule has 1 aromatic heterocycles. The molecule has 1 rings (SSSR count). The molecule has 1 aromatic rings. The molecular weight excluding hydrogens is 246 g/mol. The number of hydrogen-bond donors (Lipinski definition) is 3. The lowest BCUT2D eigenvalue weighted by Gasteiger charge is -1.95. The molecule has 8 heteroatoms. The van der Waals surface area contributed by atoms with Gasteiger partial charge < -0.3 is 11.2 Å². The Kier molecular flexibility index (Phi) is 5.83. The van der Waals surface area contributed by atoms with Crippen molar-refractivity contribution >= 4 is 40.5 Å². The number of hydrogen-bond acceptors (Lipinski definition) is 6. The van der Waals surface area contributed by atoms with E-state index in [0.717, 1.165) is 17.2 Å². The fourth-order valence-corrected chi connectivity index (χ4v) is 2.48. The molecule has 1 amide bonds. The number of primary amides is 1. The minimum absolute atomic E-state index is 0.273. The number of rotatable bonds is 7. The molecule has 5 N–H and O–H groups in total. The number of nitrogens with one attached hydrogen (secondary N) is 1. The van der Waals surface area contributed by atoms with E-state index in [1.54, 1.807) is 11.8 Å². The molecule has 0 saturated carbocycles. The molecule has 0 atom stereocenters. The zero-order valence-corrected chi connectivity index (χ0v) is 10.2. The maximum atomic E-state index is 10.5. The predicted molar refractivity (Wildman–Crippen MR) is 67.6 cm³/mol. The summed E-state index contributed by atoms with van der Waals surface area (Å²) in [5.74, 6) is 6.24. The molecule has 0 aliphatic heterocycles. The Labute approximate surface area is 101 Å². The molecule has 0 saturated heterocycles. The number of nitrogens with zero attached hydrogens (tertiary/aromatic N) is 2. The molecular formula is C8H13N5OS2. The van der Waals surface area contributed by atoms with Crippen LogP contribution in [-0.4, -0.2) is 23.0 Å². The van der Waals surface area contributed by atoms with Crippen LogP contribution in [-0.2, 0) is 10.5 Å². The Balaban J connectivity index is 2.29. The summed E-state index contributed by atoms with van der Waals surface area (Å²) in [5, 5.41) is 2.59. The average molecular weight is 259 g/mol. The van der Waals surface area contributed by atoms with E-state index in [2.05, 4.69) is 15.4 Å². The highest BCUT2D eigenvalue weighted by atomic mass is 32.2. The van der Waals surface area contributed by atoms with Gasteiger partial charge in [0.05, 0.1) is 5.69 Å². The van der Waals surface area contributed by atoms with Crippen molar-refractivity contribution in [3.63, 3.8) is 0 Å². The second-order valence-corrected chi connectivity index (χ2v) is 4.76. The summed E-state index contributed by atoms with van der Waals surface area (Å²) in [7, 11) is 0. The van der Waals surface area contributed by atoms with Gasteiger partial charge in [0.2, 0.25) is 11.0 Å². The molecule has 1 heterocycles. The molecule has 0 aromatic carbocycles. The number of amides is 1. The Morgan fingerprint density at radius 3 is 3.25 bits per heavy atom. The highest BCUT2D eigenvalue weighted by molar-refractivity contribution is 7.98. The van der Waals surface area contributed by atoms with Gasteiger partial charge in [-0.05, 0) is 0 Å². The molecule has 0 radical (unpaired) electrons. The SMILES string of the molecule is NNC=Nc1nc(CSCCC(N)=O)cs1. The van der Waals surface area contributed by atoms with Crippen LogP contribution in [0.1, 0.15) is 12.1 Å². The van der Waals surface area contributed by atoms with Crippen LogP contribution < -0.4 is 17.0 Å². The van der Waals surface area contributed by atoms with Gasteiger partial charge in [-0.25, -0.2) is 15.8 Å². The maximum Gasteiger partial charge on any atom is 0.218 e. The summed E-state index contributed by atoms with van der Waals surface area (Å²) >= 11 is 3.07. The first-order chi connectivity index (χ1) is 7.72. The fraction of sp³-hybridized carbons (Fsp3) is 0.375. The smallest absolute Gasteiger partial charge is 0.218 e. The van der Waals surface area contributed by atoms with E-state index >= 15 is 0 Å². The Morgan fingerprint density at radius 2 is 2.56 bits per heavy atom. The van der Waals surface area contributed by atoms with Crippen molar-refractivity contribution in [2.45, 2.75) is 12.2 Å². The number of aliphatic imine (C=N–C) groups is 1. The van der Waals surface area contributed by atoms with Gasteiger partial charge in [-0.1, -0.05) is 0 Å². The zero-order chi connectivity index (χ0) is 11.8. The van der Waals surface area contributed by atoms with Crippen LogP contribution in [0, 0.1) is 0 Å². The van der Waals surface area contributed by atoms with E-state index in [-0.39, 0.29) is 5.91 Å². The van der Waals surface area contributed by atoms with Crippen molar-refractivity contribution in [1.29, 1.82) is 0 Å². The van der Waals surface area contributed by atoms with Gasteiger partial charge in [0, 0.05) is 23.3 Å². The highest BCUT2D eigenvalue weighted by Crippen LogP contribution is 2.21. The largest absolute Gasteiger partial charge is 0.370 e. The van der Waals surface area contributed by atoms with Crippen molar-refractivity contribution in [3.8, 4) is 0 Å². The summed E-state index contributed by atoms with van der Waals surface area (Å²) in [6.07, 6.45) is 1.78. The van der Waals surface area contributed by atoms with E-state index in [1.165, 1.54) is 17.7 Å². The van der Waals surface area contributed by atoms with Crippen molar-refractivity contribution in [2.75, 3.05) is 5.75 Å². The predicted octanol–water partition coefficient (Wildman–Crippen LogP) is 0.375. The molecule has 0 aliphatic carbocycles. The van der Waals surface area contributed by atoms with Crippen molar-refractivity contribution in [2.24, 2.45) is 16.6 Å². The molecule has 0 unspecified atom stereocenters. The number of carbonyl (C=O) groups is 1. The third-order valence-electron chi connectivity index (χ3n) is 1.53. The topological polar surface area (TPSA) is 106 Å². The van der Waals surface area contributed by atoms with Crippen LogP contribution in [0.5, 0.6) is 0 Å². The fourth-order valence-electron chi connectivity index (χ4n) is 0.864. The Morgan fingerprint density at radius 1 is 1.75 bits per heavy atom. The standard InChI is InChI=1S/C8H13N5OS2/c9-7(14)1-2-15-3-6-4-16-8(13-6)11-5-12-10/h4-5H,1-3,10H2,(H2,9,14)(H,11,12,13). The summed E-state index contributed by atoms with van der Waals surface area (Å²) in [6.45, 7) is 0. The molecule has 0 aliphatic rings. The number of nitrogens with two attached hydrogens (primary N) is 2. The average Bonchev–Trinajstić information content (AvgIpc) is 2.69. The highest BCUT2D eigenvalue weighted by Gasteiger charge is 2.01. The minimum atomic E-state index is -0.273. The first-order valence-corrected chi connectivity index (χ1v) is 6.55. The van der Waals surface area contributed by atoms with E-state index in [9.17, 15) is 4.79 Å². The second-order valence-electron chi connectivity index (χ2n) is 2.82. The Hall–Kier alpha value is -1.12. The lowest BCUT2D eigenvalue weighted by Crippen LogP contribution is -2.18.